The lowest BCUT2D eigenvalue weighted by Gasteiger charge is -2.58. The van der Waals surface area contributed by atoms with E-state index in [1.165, 1.54) is 11.3 Å². The number of thiazole rings is 1. The van der Waals surface area contributed by atoms with Gasteiger partial charge in [-0.2, -0.15) is 0 Å². The van der Waals surface area contributed by atoms with Crippen molar-refractivity contribution in [3.05, 3.63) is 71.0 Å². The van der Waals surface area contributed by atoms with Gasteiger partial charge in [-0.25, -0.2) is 4.98 Å². The molecular weight excluding hydrogens is 528 g/mol. The third-order valence-corrected chi connectivity index (χ3v) is 9.86. The molecule has 5 rings (SSSR count). The molecule has 0 saturated heterocycles. The molecule has 0 radical (unpaired) electrons. The highest BCUT2D eigenvalue weighted by molar-refractivity contribution is 7.15. The van der Waals surface area contributed by atoms with Crippen LogP contribution in [0.5, 0.6) is 5.75 Å². The fourth-order valence-corrected chi connectivity index (χ4v) is 7.57. The lowest BCUT2D eigenvalue weighted by atomic mass is 9.47. The second-order valence-corrected chi connectivity index (χ2v) is 12.4. The molecule has 1 saturated carbocycles. The van der Waals surface area contributed by atoms with Gasteiger partial charge in [0.15, 0.2) is 11.7 Å². The third-order valence-electron chi connectivity index (χ3n) is 8.86. The van der Waals surface area contributed by atoms with E-state index in [1.54, 1.807) is 24.5 Å². The van der Waals surface area contributed by atoms with Crippen molar-refractivity contribution >= 4 is 28.3 Å². The Bertz CT molecular complexity index is 1340. The average Bonchev–Trinajstić information content (AvgIpc) is 3.37. The van der Waals surface area contributed by atoms with Crippen LogP contribution in [0.1, 0.15) is 55.2 Å². The molecule has 5 atom stereocenters. The zero-order valence-electron chi connectivity index (χ0n) is 22.8. The standard InChI is InChI=1S/C30H36N4O5S/c1-29-11-10-24(36)30(2,18-35)23(29)14-22-27(21(29)13-25(37)32-16-19-7-6-12-31-15-19)34-28(40-22)33-26(38)17-39-20-8-4-3-5-9-20/h3-9,12,15,21,23-24,35-36H,10-11,13-14,16-18H2,1-2H3,(H,32,37)(H,33,34,38). The normalized spacial score (nSPS) is 27.2. The summed E-state index contributed by atoms with van der Waals surface area (Å²) in [5.41, 5.74) is 0.637. The number of ether oxygens (including phenoxy) is 1. The topological polar surface area (TPSA) is 134 Å². The molecule has 5 unspecified atom stereocenters. The van der Waals surface area contributed by atoms with E-state index in [1.807, 2.05) is 37.3 Å². The molecule has 9 nitrogen and oxygen atoms in total. The fourth-order valence-electron chi connectivity index (χ4n) is 6.48. The Morgan fingerprint density at radius 2 is 1.95 bits per heavy atom. The number of nitrogens with zero attached hydrogens (tertiary/aromatic N) is 2. The Morgan fingerprint density at radius 1 is 1.15 bits per heavy atom. The lowest BCUT2D eigenvalue weighted by Crippen LogP contribution is -2.57. The second-order valence-electron chi connectivity index (χ2n) is 11.4. The number of aliphatic hydroxyl groups is 2. The van der Waals surface area contributed by atoms with Gasteiger partial charge in [0.2, 0.25) is 5.91 Å². The van der Waals surface area contributed by atoms with E-state index in [0.717, 1.165) is 16.1 Å². The predicted octanol–water partition coefficient (Wildman–Crippen LogP) is 3.68. The monoisotopic (exact) mass is 564 g/mol. The number of pyridine rings is 1. The highest BCUT2D eigenvalue weighted by atomic mass is 32.1. The van der Waals surface area contributed by atoms with Crippen molar-refractivity contribution in [1.82, 2.24) is 15.3 Å². The van der Waals surface area contributed by atoms with E-state index < -0.39 is 11.5 Å². The van der Waals surface area contributed by atoms with E-state index in [4.69, 9.17) is 9.72 Å². The van der Waals surface area contributed by atoms with Gasteiger partial charge >= 0.3 is 0 Å². The number of para-hydroxylation sites is 1. The first-order valence-electron chi connectivity index (χ1n) is 13.6. The zero-order valence-corrected chi connectivity index (χ0v) is 23.6. The average molecular weight is 565 g/mol. The van der Waals surface area contributed by atoms with Crippen LogP contribution in [0.3, 0.4) is 0 Å². The van der Waals surface area contributed by atoms with Crippen LogP contribution in [0.4, 0.5) is 5.13 Å². The number of benzene rings is 1. The van der Waals surface area contributed by atoms with Crippen molar-refractivity contribution in [2.75, 3.05) is 18.5 Å². The lowest BCUT2D eigenvalue weighted by molar-refractivity contribution is -0.144. The number of carbonyl (C=O) groups is 2. The molecule has 4 N–H and O–H groups in total. The van der Waals surface area contributed by atoms with Crippen molar-refractivity contribution in [2.24, 2.45) is 16.7 Å². The first-order chi connectivity index (χ1) is 19.2. The number of rotatable bonds is 9. The first kappa shape index (κ1) is 28.2. The van der Waals surface area contributed by atoms with Crippen LogP contribution in [0.2, 0.25) is 0 Å². The molecule has 2 aromatic heterocycles. The first-order valence-corrected chi connectivity index (χ1v) is 14.5. The highest BCUT2D eigenvalue weighted by Gasteiger charge is 2.59. The third kappa shape index (κ3) is 5.61. The molecule has 2 aliphatic rings. The maximum atomic E-state index is 13.3. The molecule has 10 heteroatoms. The Labute approximate surface area is 238 Å². The number of fused-ring (bicyclic) bond motifs is 2. The second kappa shape index (κ2) is 11.6. The predicted molar refractivity (Wildman–Crippen MR) is 152 cm³/mol. The molecule has 0 aliphatic heterocycles. The van der Waals surface area contributed by atoms with Crippen molar-refractivity contribution in [3.8, 4) is 5.75 Å². The van der Waals surface area contributed by atoms with Gasteiger partial charge in [-0.1, -0.05) is 38.1 Å². The SMILES string of the molecule is CC1(CO)C(O)CCC2(C)C(CC(=O)NCc3cccnc3)c3nc(NC(=O)COc4ccccc4)sc3CC12. The van der Waals surface area contributed by atoms with E-state index in [9.17, 15) is 19.8 Å². The van der Waals surface area contributed by atoms with Crippen LogP contribution in [-0.4, -0.2) is 51.3 Å². The van der Waals surface area contributed by atoms with Crippen LogP contribution in [0.15, 0.2) is 54.9 Å². The van der Waals surface area contributed by atoms with Crippen molar-refractivity contribution in [1.29, 1.82) is 0 Å². The summed E-state index contributed by atoms with van der Waals surface area (Å²) in [5.74, 6) is -0.126. The number of hydrogen-bond donors (Lipinski definition) is 4. The summed E-state index contributed by atoms with van der Waals surface area (Å²) >= 11 is 1.39. The molecule has 40 heavy (non-hydrogen) atoms. The van der Waals surface area contributed by atoms with E-state index >= 15 is 0 Å². The van der Waals surface area contributed by atoms with Crippen LogP contribution >= 0.6 is 11.3 Å². The van der Waals surface area contributed by atoms with Gasteiger partial charge in [0.25, 0.3) is 5.91 Å². The van der Waals surface area contributed by atoms with E-state index in [-0.39, 0.29) is 48.7 Å². The van der Waals surface area contributed by atoms with Crippen LogP contribution in [0.25, 0.3) is 0 Å². The maximum Gasteiger partial charge on any atom is 0.264 e. The van der Waals surface area contributed by atoms with Gasteiger partial charge in [-0.05, 0) is 54.4 Å². The molecule has 1 aromatic carbocycles. The number of amides is 2. The van der Waals surface area contributed by atoms with Crippen LogP contribution in [0, 0.1) is 16.7 Å². The summed E-state index contributed by atoms with van der Waals surface area (Å²) in [5, 5.41) is 27.7. The van der Waals surface area contributed by atoms with Crippen molar-refractivity contribution < 1.29 is 24.5 Å². The molecule has 212 valence electrons. The van der Waals surface area contributed by atoms with Gasteiger partial charge < -0.3 is 20.3 Å². The summed E-state index contributed by atoms with van der Waals surface area (Å²) < 4.78 is 5.58. The minimum atomic E-state index is -0.716. The largest absolute Gasteiger partial charge is 0.484 e. The fraction of sp³-hybridized carbons (Fsp3) is 0.467. The molecule has 2 heterocycles. The number of anilines is 1. The molecule has 0 bridgehead atoms. The van der Waals surface area contributed by atoms with Crippen LogP contribution in [-0.2, 0) is 22.6 Å². The maximum absolute atomic E-state index is 13.3. The Balaban J connectivity index is 1.38. The molecule has 2 amide bonds. The van der Waals surface area contributed by atoms with Gasteiger partial charge in [0, 0.05) is 41.6 Å². The van der Waals surface area contributed by atoms with Crippen LogP contribution < -0.4 is 15.4 Å². The number of hydrogen-bond acceptors (Lipinski definition) is 8. The molecule has 3 aromatic rings. The van der Waals surface area contributed by atoms with E-state index in [2.05, 4.69) is 22.5 Å². The quantitative estimate of drug-likeness (QED) is 0.312. The summed E-state index contributed by atoms with van der Waals surface area (Å²) in [6.07, 6.45) is 4.85. The summed E-state index contributed by atoms with van der Waals surface area (Å²) in [6, 6.07) is 12.9. The Morgan fingerprint density at radius 3 is 2.67 bits per heavy atom. The van der Waals surface area contributed by atoms with Gasteiger partial charge in [0.05, 0.1) is 18.4 Å². The summed E-state index contributed by atoms with van der Waals surface area (Å²) in [4.78, 5) is 35.9. The molecular formula is C30H36N4O5S. The van der Waals surface area contributed by atoms with Crippen molar-refractivity contribution in [3.63, 3.8) is 0 Å². The minimum absolute atomic E-state index is 0.0669. The van der Waals surface area contributed by atoms with E-state index in [0.29, 0.717) is 36.7 Å². The van der Waals surface area contributed by atoms with Crippen molar-refractivity contribution in [2.45, 2.75) is 58.1 Å². The minimum Gasteiger partial charge on any atom is -0.484 e. The molecule has 1 fully saturated rings. The van der Waals surface area contributed by atoms with Gasteiger partial charge in [-0.15, -0.1) is 11.3 Å². The Kier molecular flexibility index (Phi) is 8.21. The molecule has 0 spiro atoms. The number of aromatic nitrogens is 2. The highest BCUT2D eigenvalue weighted by Crippen LogP contribution is 2.62. The van der Waals surface area contributed by atoms with Gasteiger partial charge in [-0.3, -0.25) is 19.9 Å². The smallest absolute Gasteiger partial charge is 0.264 e. The Hall–Kier alpha value is -3.34. The number of nitrogens with one attached hydrogen (secondary N) is 2. The van der Waals surface area contributed by atoms with Gasteiger partial charge in [0.1, 0.15) is 5.75 Å². The number of aliphatic hydroxyl groups excluding tert-OH is 2. The number of carbonyl (C=O) groups excluding carboxylic acids is 2. The summed E-state index contributed by atoms with van der Waals surface area (Å²) in [7, 11) is 0. The summed E-state index contributed by atoms with van der Waals surface area (Å²) in [6.45, 7) is 4.17. The zero-order chi connectivity index (χ0) is 28.3. The molecule has 2 aliphatic carbocycles.